The summed E-state index contributed by atoms with van der Waals surface area (Å²) in [5.74, 6) is -0.822. The molecule has 0 bridgehead atoms. The van der Waals surface area contributed by atoms with Gasteiger partial charge in [-0.1, -0.05) is 26.0 Å². The molecule has 0 unspecified atom stereocenters. The van der Waals surface area contributed by atoms with Gasteiger partial charge >= 0.3 is 5.97 Å². The van der Waals surface area contributed by atoms with Crippen molar-refractivity contribution in [3.8, 4) is 0 Å². The van der Waals surface area contributed by atoms with Gasteiger partial charge in [-0.25, -0.2) is 0 Å². The van der Waals surface area contributed by atoms with Crippen LogP contribution in [0.4, 0.5) is 0 Å². The van der Waals surface area contributed by atoms with Crippen molar-refractivity contribution in [1.29, 1.82) is 0 Å². The Morgan fingerprint density at radius 2 is 2.09 bits per heavy atom. The van der Waals surface area contributed by atoms with Gasteiger partial charge in [-0.05, 0) is 5.41 Å². The predicted molar refractivity (Wildman–Crippen MR) is 42.3 cm³/mol. The maximum atomic E-state index is 10.3. The van der Waals surface area contributed by atoms with E-state index < -0.39 is 5.97 Å². The van der Waals surface area contributed by atoms with Crippen molar-refractivity contribution in [1.82, 2.24) is 0 Å². The lowest BCUT2D eigenvalue weighted by atomic mass is 9.89. The molecule has 0 saturated carbocycles. The lowest BCUT2D eigenvalue weighted by Gasteiger charge is -2.16. The largest absolute Gasteiger partial charge is 0.481 e. The van der Waals surface area contributed by atoms with Crippen molar-refractivity contribution in [2.45, 2.75) is 20.3 Å². The highest BCUT2D eigenvalue weighted by molar-refractivity contribution is 5.67. The van der Waals surface area contributed by atoms with Crippen molar-refractivity contribution >= 4 is 5.97 Å². The summed E-state index contributed by atoms with van der Waals surface area (Å²) in [5, 5.41) is 16.9. The van der Waals surface area contributed by atoms with Gasteiger partial charge in [0.1, 0.15) is 0 Å². The van der Waals surface area contributed by atoms with E-state index in [0.29, 0.717) is 0 Å². The van der Waals surface area contributed by atoms with Gasteiger partial charge in [-0.15, -0.1) is 0 Å². The van der Waals surface area contributed by atoms with Gasteiger partial charge in [0.25, 0.3) is 0 Å². The van der Waals surface area contributed by atoms with Crippen molar-refractivity contribution < 1.29 is 15.0 Å². The first kappa shape index (κ1) is 10.2. The van der Waals surface area contributed by atoms with Gasteiger partial charge in [0.2, 0.25) is 0 Å². The minimum absolute atomic E-state index is 0.0386. The van der Waals surface area contributed by atoms with E-state index >= 15 is 0 Å². The lowest BCUT2D eigenvalue weighted by molar-refractivity contribution is -0.138. The van der Waals surface area contributed by atoms with Crippen molar-refractivity contribution in [2.75, 3.05) is 6.61 Å². The van der Waals surface area contributed by atoms with Crippen LogP contribution in [0.1, 0.15) is 20.3 Å². The second kappa shape index (κ2) is 4.13. The van der Waals surface area contributed by atoms with Crippen LogP contribution in [0.15, 0.2) is 12.2 Å². The van der Waals surface area contributed by atoms with Gasteiger partial charge in [-0.2, -0.15) is 0 Å². The Bertz CT molecular complexity index is 159. The summed E-state index contributed by atoms with van der Waals surface area (Å²) < 4.78 is 0. The second-order valence-corrected chi connectivity index (χ2v) is 3.14. The highest BCUT2D eigenvalue weighted by Crippen LogP contribution is 2.21. The Kier molecular flexibility index (Phi) is 3.82. The van der Waals surface area contributed by atoms with Gasteiger partial charge in [0.05, 0.1) is 13.0 Å². The van der Waals surface area contributed by atoms with Crippen LogP contribution < -0.4 is 0 Å². The van der Waals surface area contributed by atoms with Crippen LogP contribution in [0.25, 0.3) is 0 Å². The fraction of sp³-hybridized carbons (Fsp3) is 0.625. The molecule has 0 rings (SSSR count). The van der Waals surface area contributed by atoms with Crippen LogP contribution in [0.2, 0.25) is 0 Å². The van der Waals surface area contributed by atoms with Crippen LogP contribution in [-0.2, 0) is 4.79 Å². The molecule has 3 nitrogen and oxygen atoms in total. The van der Waals surface area contributed by atoms with Crippen LogP contribution in [0.3, 0.4) is 0 Å². The standard InChI is InChI=1S/C8H14O3/c1-8(2,4-3-5-9)6-7(10)11/h3-4,9H,5-6H2,1-2H3,(H,10,11)/b4-3+. The third-order valence-electron chi connectivity index (χ3n) is 1.28. The van der Waals surface area contributed by atoms with Crippen LogP contribution in [0.5, 0.6) is 0 Å². The Morgan fingerprint density at radius 3 is 2.45 bits per heavy atom. The molecule has 0 aliphatic carbocycles. The number of carboxylic acid groups (broad SMARTS) is 1. The maximum absolute atomic E-state index is 10.3. The van der Waals surface area contributed by atoms with E-state index in [4.69, 9.17) is 10.2 Å². The van der Waals surface area contributed by atoms with E-state index in [0.717, 1.165) is 0 Å². The fourth-order valence-electron chi connectivity index (χ4n) is 0.820. The Labute approximate surface area is 66.4 Å². The molecule has 64 valence electrons. The average molecular weight is 158 g/mol. The summed E-state index contributed by atoms with van der Waals surface area (Å²) in [7, 11) is 0. The molecule has 3 heteroatoms. The number of carbonyl (C=O) groups is 1. The molecular weight excluding hydrogens is 144 g/mol. The van der Waals surface area contributed by atoms with Gasteiger partial charge < -0.3 is 10.2 Å². The molecule has 0 radical (unpaired) electrons. The molecule has 0 spiro atoms. The van der Waals surface area contributed by atoms with Crippen LogP contribution in [0, 0.1) is 5.41 Å². The number of aliphatic hydroxyl groups excluding tert-OH is 1. The highest BCUT2D eigenvalue weighted by Gasteiger charge is 2.17. The third kappa shape index (κ3) is 5.61. The van der Waals surface area contributed by atoms with Gasteiger partial charge in [-0.3, -0.25) is 4.79 Å². The first-order valence-electron chi connectivity index (χ1n) is 3.48. The highest BCUT2D eigenvalue weighted by atomic mass is 16.4. The second-order valence-electron chi connectivity index (χ2n) is 3.14. The number of hydrogen-bond acceptors (Lipinski definition) is 2. The summed E-state index contributed by atoms with van der Waals surface area (Å²) in [6.07, 6.45) is 3.35. The molecule has 0 fully saturated rings. The zero-order valence-corrected chi connectivity index (χ0v) is 6.87. The summed E-state index contributed by atoms with van der Waals surface area (Å²) in [4.78, 5) is 10.3. The smallest absolute Gasteiger partial charge is 0.304 e. The van der Waals surface area contributed by atoms with Gasteiger partial charge in [0, 0.05) is 0 Å². The quantitative estimate of drug-likeness (QED) is 0.601. The summed E-state index contributed by atoms with van der Waals surface area (Å²) in [6.45, 7) is 3.59. The van der Waals surface area contributed by atoms with Crippen molar-refractivity contribution in [3.05, 3.63) is 12.2 Å². The summed E-state index contributed by atoms with van der Waals surface area (Å²) in [6, 6.07) is 0. The molecule has 0 aliphatic rings. The van der Waals surface area contributed by atoms with E-state index in [2.05, 4.69) is 0 Å². The molecule has 0 amide bonds. The topological polar surface area (TPSA) is 57.5 Å². The fourth-order valence-corrected chi connectivity index (χ4v) is 0.820. The zero-order chi connectivity index (χ0) is 8.91. The number of rotatable bonds is 4. The monoisotopic (exact) mass is 158 g/mol. The molecule has 0 aromatic heterocycles. The number of allylic oxidation sites excluding steroid dienone is 1. The molecule has 0 heterocycles. The lowest BCUT2D eigenvalue weighted by Crippen LogP contribution is -2.13. The first-order valence-corrected chi connectivity index (χ1v) is 3.48. The molecule has 2 N–H and O–H groups in total. The SMILES string of the molecule is CC(C)(/C=C/CO)CC(=O)O. The number of aliphatic hydroxyl groups is 1. The van der Waals surface area contributed by atoms with Gasteiger partial charge in [0.15, 0.2) is 0 Å². The number of hydrogen-bond donors (Lipinski definition) is 2. The minimum Gasteiger partial charge on any atom is -0.481 e. The average Bonchev–Trinajstić information content (AvgIpc) is 1.81. The van der Waals surface area contributed by atoms with E-state index in [1.165, 1.54) is 0 Å². The zero-order valence-electron chi connectivity index (χ0n) is 6.87. The third-order valence-corrected chi connectivity index (χ3v) is 1.28. The summed E-state index contributed by atoms with van der Waals surface area (Å²) in [5.41, 5.74) is -0.367. The molecule has 0 atom stereocenters. The van der Waals surface area contributed by atoms with Crippen molar-refractivity contribution in [3.63, 3.8) is 0 Å². The maximum Gasteiger partial charge on any atom is 0.304 e. The molecule has 0 aliphatic heterocycles. The van der Waals surface area contributed by atoms with Crippen LogP contribution >= 0.6 is 0 Å². The van der Waals surface area contributed by atoms with E-state index in [9.17, 15) is 4.79 Å². The number of carboxylic acids is 1. The molecule has 11 heavy (non-hydrogen) atoms. The number of aliphatic carboxylic acids is 1. The Morgan fingerprint density at radius 1 is 1.55 bits per heavy atom. The Hall–Kier alpha value is -0.830. The minimum atomic E-state index is -0.822. The van der Waals surface area contributed by atoms with E-state index in [1.54, 1.807) is 12.2 Å². The first-order chi connectivity index (χ1) is 4.98. The normalized spacial score (nSPS) is 12.3. The predicted octanol–water partition coefficient (Wildman–Crippen LogP) is 1.04. The van der Waals surface area contributed by atoms with Crippen LogP contribution in [-0.4, -0.2) is 22.8 Å². The van der Waals surface area contributed by atoms with E-state index in [-0.39, 0.29) is 18.4 Å². The summed E-state index contributed by atoms with van der Waals surface area (Å²) >= 11 is 0. The molecule has 0 aromatic carbocycles. The molecule has 0 saturated heterocycles. The molecular formula is C8H14O3. The molecule has 0 aromatic rings. The Balaban J connectivity index is 3.99. The van der Waals surface area contributed by atoms with Crippen molar-refractivity contribution in [2.24, 2.45) is 5.41 Å². The van der Waals surface area contributed by atoms with E-state index in [1.807, 2.05) is 13.8 Å².